The van der Waals surface area contributed by atoms with E-state index < -0.39 is 6.10 Å². The average Bonchev–Trinajstić information content (AvgIpc) is 2.05. The van der Waals surface area contributed by atoms with E-state index in [4.69, 9.17) is 5.11 Å². The molecule has 3 heteroatoms. The van der Waals surface area contributed by atoms with Gasteiger partial charge in [-0.25, -0.2) is 0 Å². The Bertz CT molecular complexity index is 91.6. The lowest BCUT2D eigenvalue weighted by Crippen LogP contribution is -2.44. The molecular formula is C7H15NO2. The van der Waals surface area contributed by atoms with Gasteiger partial charge in [0.25, 0.3) is 0 Å². The summed E-state index contributed by atoms with van der Waals surface area (Å²) in [5.41, 5.74) is 0. The highest BCUT2D eigenvalue weighted by Crippen LogP contribution is 2.09. The van der Waals surface area contributed by atoms with Crippen LogP contribution in [0.1, 0.15) is 19.3 Å². The van der Waals surface area contributed by atoms with Gasteiger partial charge in [-0.1, -0.05) is 6.42 Å². The van der Waals surface area contributed by atoms with Gasteiger partial charge in [-0.15, -0.1) is 0 Å². The van der Waals surface area contributed by atoms with E-state index in [1.807, 2.05) is 0 Å². The molecular weight excluding hydrogens is 130 g/mol. The summed E-state index contributed by atoms with van der Waals surface area (Å²) in [7, 11) is 0. The molecule has 0 saturated carbocycles. The van der Waals surface area contributed by atoms with Gasteiger partial charge in [-0.2, -0.15) is 0 Å². The molecule has 60 valence electrons. The normalized spacial score (nSPS) is 30.0. The number of piperidine rings is 1. The number of aliphatic hydroxyl groups is 2. The SMILES string of the molecule is OCC(O)C1CCCCN1. The zero-order valence-electron chi connectivity index (χ0n) is 6.08. The first-order valence-electron chi connectivity index (χ1n) is 3.87. The first kappa shape index (κ1) is 7.98. The average molecular weight is 145 g/mol. The standard InChI is InChI=1S/C7H15NO2/c9-5-7(10)6-3-1-2-4-8-6/h6-10H,1-5H2. The number of rotatable bonds is 2. The minimum absolute atomic E-state index is 0.124. The summed E-state index contributed by atoms with van der Waals surface area (Å²) < 4.78 is 0. The number of hydrogen-bond acceptors (Lipinski definition) is 3. The Hall–Kier alpha value is -0.120. The minimum Gasteiger partial charge on any atom is -0.394 e. The monoisotopic (exact) mass is 145 g/mol. The second-order valence-corrected chi connectivity index (χ2v) is 2.81. The quantitative estimate of drug-likeness (QED) is 0.490. The van der Waals surface area contributed by atoms with Crippen molar-refractivity contribution in [2.75, 3.05) is 13.2 Å². The van der Waals surface area contributed by atoms with Gasteiger partial charge in [0, 0.05) is 6.04 Å². The minimum atomic E-state index is -0.569. The van der Waals surface area contributed by atoms with Crippen LogP contribution >= 0.6 is 0 Å². The van der Waals surface area contributed by atoms with Gasteiger partial charge in [0.1, 0.15) is 0 Å². The van der Waals surface area contributed by atoms with Crippen molar-refractivity contribution in [2.24, 2.45) is 0 Å². The second kappa shape index (κ2) is 3.91. The highest BCUT2D eigenvalue weighted by atomic mass is 16.3. The zero-order chi connectivity index (χ0) is 7.40. The van der Waals surface area contributed by atoms with Crippen molar-refractivity contribution >= 4 is 0 Å². The van der Waals surface area contributed by atoms with Crippen molar-refractivity contribution in [3.8, 4) is 0 Å². The van der Waals surface area contributed by atoms with Crippen molar-refractivity contribution in [1.82, 2.24) is 5.32 Å². The summed E-state index contributed by atoms with van der Waals surface area (Å²) >= 11 is 0. The van der Waals surface area contributed by atoms with E-state index in [1.54, 1.807) is 0 Å². The Morgan fingerprint density at radius 3 is 2.80 bits per heavy atom. The molecule has 0 aromatic carbocycles. The first-order valence-corrected chi connectivity index (χ1v) is 3.87. The Morgan fingerprint density at radius 1 is 1.50 bits per heavy atom. The van der Waals surface area contributed by atoms with Crippen LogP contribution in [0.15, 0.2) is 0 Å². The molecule has 1 rings (SSSR count). The summed E-state index contributed by atoms with van der Waals surface area (Å²) in [5.74, 6) is 0. The Balaban J connectivity index is 2.24. The van der Waals surface area contributed by atoms with Crippen LogP contribution in [0, 0.1) is 0 Å². The molecule has 1 aliphatic rings. The maximum Gasteiger partial charge on any atom is 0.0923 e. The molecule has 0 radical (unpaired) electrons. The second-order valence-electron chi connectivity index (χ2n) is 2.81. The van der Waals surface area contributed by atoms with Gasteiger partial charge < -0.3 is 15.5 Å². The van der Waals surface area contributed by atoms with Crippen LogP contribution in [0.4, 0.5) is 0 Å². The smallest absolute Gasteiger partial charge is 0.0923 e. The fraction of sp³-hybridized carbons (Fsp3) is 1.00. The van der Waals surface area contributed by atoms with Crippen LogP contribution in [0.3, 0.4) is 0 Å². The van der Waals surface area contributed by atoms with Crippen molar-refractivity contribution < 1.29 is 10.2 Å². The van der Waals surface area contributed by atoms with Gasteiger partial charge in [-0.05, 0) is 19.4 Å². The van der Waals surface area contributed by atoms with Crippen molar-refractivity contribution in [3.63, 3.8) is 0 Å². The Kier molecular flexibility index (Phi) is 3.12. The Labute approximate surface area is 61.1 Å². The van der Waals surface area contributed by atoms with Crippen molar-refractivity contribution in [2.45, 2.75) is 31.4 Å². The van der Waals surface area contributed by atoms with E-state index in [0.29, 0.717) is 0 Å². The maximum absolute atomic E-state index is 9.17. The van der Waals surface area contributed by atoms with E-state index in [0.717, 1.165) is 19.4 Å². The van der Waals surface area contributed by atoms with Crippen LogP contribution in [0.2, 0.25) is 0 Å². The van der Waals surface area contributed by atoms with E-state index in [9.17, 15) is 5.11 Å². The van der Waals surface area contributed by atoms with Gasteiger partial charge >= 0.3 is 0 Å². The molecule has 10 heavy (non-hydrogen) atoms. The molecule has 0 aromatic heterocycles. The topological polar surface area (TPSA) is 52.5 Å². The molecule has 3 N–H and O–H groups in total. The highest BCUT2D eigenvalue weighted by molar-refractivity contribution is 4.78. The largest absolute Gasteiger partial charge is 0.394 e. The Morgan fingerprint density at radius 2 is 2.30 bits per heavy atom. The molecule has 0 aromatic rings. The summed E-state index contributed by atoms with van der Waals surface area (Å²) in [4.78, 5) is 0. The van der Waals surface area contributed by atoms with Gasteiger partial charge in [-0.3, -0.25) is 0 Å². The molecule has 0 aliphatic carbocycles. The van der Waals surface area contributed by atoms with E-state index in [2.05, 4.69) is 5.32 Å². The van der Waals surface area contributed by atoms with Crippen LogP contribution < -0.4 is 5.32 Å². The lowest BCUT2D eigenvalue weighted by Gasteiger charge is -2.26. The predicted molar refractivity (Wildman–Crippen MR) is 38.7 cm³/mol. The van der Waals surface area contributed by atoms with Crippen LogP contribution in [0.5, 0.6) is 0 Å². The van der Waals surface area contributed by atoms with Crippen molar-refractivity contribution in [3.05, 3.63) is 0 Å². The lowest BCUT2D eigenvalue weighted by molar-refractivity contribution is 0.0543. The fourth-order valence-corrected chi connectivity index (χ4v) is 1.33. The molecule has 0 bridgehead atoms. The molecule has 1 saturated heterocycles. The molecule has 1 aliphatic heterocycles. The van der Waals surface area contributed by atoms with E-state index >= 15 is 0 Å². The van der Waals surface area contributed by atoms with E-state index in [-0.39, 0.29) is 12.6 Å². The zero-order valence-corrected chi connectivity index (χ0v) is 6.08. The number of hydrogen-bond donors (Lipinski definition) is 3. The predicted octanol–water partition coefficient (Wildman–Crippen LogP) is -0.518. The van der Waals surface area contributed by atoms with Crippen molar-refractivity contribution in [1.29, 1.82) is 0 Å². The molecule has 1 heterocycles. The van der Waals surface area contributed by atoms with Gasteiger partial charge in [0.2, 0.25) is 0 Å². The highest BCUT2D eigenvalue weighted by Gasteiger charge is 2.19. The van der Waals surface area contributed by atoms with Gasteiger partial charge in [0.15, 0.2) is 0 Å². The third-order valence-electron chi connectivity index (χ3n) is 2.00. The first-order chi connectivity index (χ1) is 4.84. The molecule has 1 fully saturated rings. The summed E-state index contributed by atoms with van der Waals surface area (Å²) in [6.45, 7) is 0.847. The van der Waals surface area contributed by atoms with Crippen LogP contribution in [-0.2, 0) is 0 Å². The summed E-state index contributed by atoms with van der Waals surface area (Å²) in [5, 5.41) is 20.9. The molecule has 0 amide bonds. The third kappa shape index (κ3) is 1.94. The van der Waals surface area contributed by atoms with E-state index in [1.165, 1.54) is 6.42 Å². The molecule has 3 nitrogen and oxygen atoms in total. The lowest BCUT2D eigenvalue weighted by atomic mass is 10.0. The van der Waals surface area contributed by atoms with Crippen LogP contribution in [0.25, 0.3) is 0 Å². The van der Waals surface area contributed by atoms with Crippen LogP contribution in [-0.4, -0.2) is 35.5 Å². The summed E-state index contributed by atoms with van der Waals surface area (Å²) in [6.07, 6.45) is 2.77. The molecule has 2 unspecified atom stereocenters. The number of nitrogens with one attached hydrogen (secondary N) is 1. The summed E-state index contributed by atoms with van der Waals surface area (Å²) in [6, 6.07) is 0.124. The number of aliphatic hydroxyl groups excluding tert-OH is 2. The molecule has 2 atom stereocenters. The molecule has 0 spiro atoms. The fourth-order valence-electron chi connectivity index (χ4n) is 1.33. The van der Waals surface area contributed by atoms with Gasteiger partial charge in [0.05, 0.1) is 12.7 Å². The third-order valence-corrected chi connectivity index (χ3v) is 2.00. The maximum atomic E-state index is 9.17.